The number of carbonyl (C=O) groups excluding carboxylic acids is 2. The van der Waals surface area contributed by atoms with Gasteiger partial charge in [0.1, 0.15) is 4.83 Å². The van der Waals surface area contributed by atoms with Crippen LogP contribution in [0.4, 0.5) is 0 Å². The minimum absolute atomic E-state index is 0.145. The Bertz CT molecular complexity index is 307. The molecule has 0 saturated carbocycles. The van der Waals surface area contributed by atoms with Gasteiger partial charge < -0.3 is 9.64 Å². The summed E-state index contributed by atoms with van der Waals surface area (Å²) in [6.45, 7) is 5.54. The summed E-state index contributed by atoms with van der Waals surface area (Å²) in [6, 6.07) is 0. The lowest BCUT2D eigenvalue weighted by molar-refractivity contribution is -0.140. The van der Waals surface area contributed by atoms with Crippen molar-refractivity contribution in [2.45, 2.75) is 37.9 Å². The van der Waals surface area contributed by atoms with Crippen molar-refractivity contribution < 1.29 is 14.3 Å². The van der Waals surface area contributed by atoms with Gasteiger partial charge in [0.05, 0.1) is 7.11 Å². The summed E-state index contributed by atoms with van der Waals surface area (Å²) in [4.78, 5) is 24.7. The molecule has 0 bridgehead atoms. The molecule has 0 spiro atoms. The number of esters is 1. The van der Waals surface area contributed by atoms with Gasteiger partial charge in [0, 0.05) is 19.5 Å². The van der Waals surface area contributed by atoms with Crippen molar-refractivity contribution in [3.05, 3.63) is 0 Å². The average Bonchev–Trinajstić information content (AvgIpc) is 2.51. The van der Waals surface area contributed by atoms with E-state index in [1.807, 2.05) is 0 Å². The van der Waals surface area contributed by atoms with Crippen LogP contribution in [0.25, 0.3) is 0 Å². The van der Waals surface area contributed by atoms with Crippen LogP contribution >= 0.6 is 15.9 Å². The van der Waals surface area contributed by atoms with Crippen molar-refractivity contribution in [3.8, 4) is 0 Å². The minimum Gasteiger partial charge on any atom is -0.468 e. The van der Waals surface area contributed by atoms with Crippen molar-refractivity contribution in [2.24, 2.45) is 11.8 Å². The first-order valence-electron chi connectivity index (χ1n) is 6.45. The fourth-order valence-corrected chi connectivity index (χ4v) is 2.85. The second-order valence-electron chi connectivity index (χ2n) is 5.16. The quantitative estimate of drug-likeness (QED) is 0.589. The van der Waals surface area contributed by atoms with E-state index in [0.717, 1.165) is 19.4 Å². The van der Waals surface area contributed by atoms with Crippen molar-refractivity contribution in [1.82, 2.24) is 4.90 Å². The molecule has 0 aromatic rings. The standard InChI is InChI=1S/C13H22BrNO3/c1-9(2)10-4-5-12(16)15(7-6-10)8-11(14)13(17)18-3/h9-11H,4-8H2,1-3H3. The molecule has 0 aliphatic carbocycles. The molecule has 0 aromatic heterocycles. The second-order valence-corrected chi connectivity index (χ2v) is 6.27. The largest absolute Gasteiger partial charge is 0.468 e. The number of hydrogen-bond acceptors (Lipinski definition) is 3. The highest BCUT2D eigenvalue weighted by Crippen LogP contribution is 2.25. The van der Waals surface area contributed by atoms with Gasteiger partial charge in [0.2, 0.25) is 5.91 Å². The first kappa shape index (κ1) is 15.5. The van der Waals surface area contributed by atoms with Crippen LogP contribution in [-0.2, 0) is 14.3 Å². The van der Waals surface area contributed by atoms with Crippen LogP contribution in [0.3, 0.4) is 0 Å². The van der Waals surface area contributed by atoms with Crippen molar-refractivity contribution in [3.63, 3.8) is 0 Å². The lowest BCUT2D eigenvalue weighted by Gasteiger charge is -2.23. The molecule has 2 unspecified atom stereocenters. The molecule has 1 aliphatic rings. The van der Waals surface area contributed by atoms with E-state index in [4.69, 9.17) is 0 Å². The fraction of sp³-hybridized carbons (Fsp3) is 0.846. The Morgan fingerprint density at radius 2 is 2.17 bits per heavy atom. The molecule has 1 aliphatic heterocycles. The summed E-state index contributed by atoms with van der Waals surface area (Å²) in [7, 11) is 1.36. The van der Waals surface area contributed by atoms with E-state index in [2.05, 4.69) is 34.5 Å². The van der Waals surface area contributed by atoms with E-state index < -0.39 is 4.83 Å². The third-order valence-electron chi connectivity index (χ3n) is 3.63. The van der Waals surface area contributed by atoms with Crippen LogP contribution < -0.4 is 0 Å². The van der Waals surface area contributed by atoms with Crippen LogP contribution in [0.5, 0.6) is 0 Å². The Kier molecular flexibility index (Phi) is 6.12. The number of methoxy groups -OCH3 is 1. The van der Waals surface area contributed by atoms with Gasteiger partial charge >= 0.3 is 5.97 Å². The molecule has 104 valence electrons. The van der Waals surface area contributed by atoms with Gasteiger partial charge in [-0.15, -0.1) is 0 Å². The van der Waals surface area contributed by atoms with Crippen molar-refractivity contribution in [2.75, 3.05) is 20.2 Å². The smallest absolute Gasteiger partial charge is 0.321 e. The zero-order valence-corrected chi connectivity index (χ0v) is 12.9. The number of rotatable bonds is 4. The molecule has 0 N–H and O–H groups in total. The number of carbonyl (C=O) groups is 2. The predicted octanol–water partition coefficient (Wildman–Crippen LogP) is 2.21. The van der Waals surface area contributed by atoms with E-state index in [0.29, 0.717) is 24.8 Å². The van der Waals surface area contributed by atoms with Crippen LogP contribution in [0.2, 0.25) is 0 Å². The predicted molar refractivity (Wildman–Crippen MR) is 73.5 cm³/mol. The molecule has 0 radical (unpaired) electrons. The first-order valence-corrected chi connectivity index (χ1v) is 7.37. The molecular formula is C13H22BrNO3. The van der Waals surface area contributed by atoms with Gasteiger partial charge in [-0.1, -0.05) is 29.8 Å². The zero-order valence-electron chi connectivity index (χ0n) is 11.3. The van der Waals surface area contributed by atoms with Crippen LogP contribution in [0, 0.1) is 11.8 Å². The maximum atomic E-state index is 12.0. The summed E-state index contributed by atoms with van der Waals surface area (Å²) in [6.07, 6.45) is 2.56. The summed E-state index contributed by atoms with van der Waals surface area (Å²) in [5.74, 6) is 1.03. The Balaban J connectivity index is 2.55. The first-order chi connectivity index (χ1) is 8.45. The third kappa shape index (κ3) is 4.26. The third-order valence-corrected chi connectivity index (χ3v) is 4.30. The summed E-state index contributed by atoms with van der Waals surface area (Å²) in [5.41, 5.74) is 0. The molecule has 1 amide bonds. The highest BCUT2D eigenvalue weighted by atomic mass is 79.9. The number of halogens is 1. The number of ether oxygens (including phenoxy) is 1. The Hall–Kier alpha value is -0.580. The number of alkyl halides is 1. The minimum atomic E-state index is -0.429. The molecule has 1 saturated heterocycles. The maximum Gasteiger partial charge on any atom is 0.321 e. The second kappa shape index (κ2) is 7.12. The Labute approximate surface area is 117 Å². The summed E-state index contributed by atoms with van der Waals surface area (Å²) in [5, 5.41) is 0. The molecule has 5 heteroatoms. The molecule has 1 fully saturated rings. The van der Waals surface area contributed by atoms with Gasteiger partial charge in [0.25, 0.3) is 0 Å². The fourth-order valence-electron chi connectivity index (χ4n) is 2.31. The van der Waals surface area contributed by atoms with E-state index in [1.54, 1.807) is 4.90 Å². The van der Waals surface area contributed by atoms with E-state index in [-0.39, 0.29) is 11.9 Å². The van der Waals surface area contributed by atoms with Crippen LogP contribution in [-0.4, -0.2) is 41.8 Å². The molecule has 18 heavy (non-hydrogen) atoms. The lowest BCUT2D eigenvalue weighted by atomic mass is 9.89. The van der Waals surface area contributed by atoms with Crippen molar-refractivity contribution in [1.29, 1.82) is 0 Å². The molecule has 1 rings (SSSR count). The Morgan fingerprint density at radius 3 is 2.72 bits per heavy atom. The molecular weight excluding hydrogens is 298 g/mol. The van der Waals surface area contributed by atoms with Gasteiger partial charge in [-0.3, -0.25) is 9.59 Å². The SMILES string of the molecule is COC(=O)C(Br)CN1CCC(C(C)C)CCC1=O. The number of amides is 1. The topological polar surface area (TPSA) is 46.6 Å². The van der Waals surface area contributed by atoms with Gasteiger partial charge in [-0.2, -0.15) is 0 Å². The van der Waals surface area contributed by atoms with Crippen LogP contribution in [0.1, 0.15) is 33.1 Å². The summed E-state index contributed by atoms with van der Waals surface area (Å²) < 4.78 is 4.66. The van der Waals surface area contributed by atoms with Crippen LogP contribution in [0.15, 0.2) is 0 Å². The monoisotopic (exact) mass is 319 g/mol. The van der Waals surface area contributed by atoms with Gasteiger partial charge in [-0.25, -0.2) is 0 Å². The number of hydrogen-bond donors (Lipinski definition) is 0. The van der Waals surface area contributed by atoms with Gasteiger partial charge in [-0.05, 0) is 24.7 Å². The van der Waals surface area contributed by atoms with Gasteiger partial charge in [0.15, 0.2) is 0 Å². The van der Waals surface area contributed by atoms with Crippen molar-refractivity contribution >= 4 is 27.8 Å². The van der Waals surface area contributed by atoms with E-state index in [9.17, 15) is 9.59 Å². The molecule has 0 aromatic carbocycles. The number of likely N-dealkylation sites (tertiary alicyclic amines) is 1. The summed E-state index contributed by atoms with van der Waals surface area (Å²) >= 11 is 3.27. The molecule has 1 heterocycles. The molecule has 2 atom stereocenters. The Morgan fingerprint density at radius 1 is 1.50 bits per heavy atom. The normalized spacial score (nSPS) is 22.8. The van der Waals surface area contributed by atoms with E-state index in [1.165, 1.54) is 7.11 Å². The lowest BCUT2D eigenvalue weighted by Crippen LogP contribution is -2.38. The molecule has 4 nitrogen and oxygen atoms in total. The highest BCUT2D eigenvalue weighted by molar-refractivity contribution is 9.10. The maximum absolute atomic E-state index is 12.0. The number of nitrogens with zero attached hydrogens (tertiary/aromatic N) is 1. The zero-order chi connectivity index (χ0) is 13.7. The average molecular weight is 320 g/mol. The highest BCUT2D eigenvalue weighted by Gasteiger charge is 2.27. The van der Waals surface area contributed by atoms with E-state index >= 15 is 0 Å².